The zero-order valence-electron chi connectivity index (χ0n) is 14.1. The normalized spacial score (nSPS) is 39.8. The molecular weight excluding hydrogens is 333 g/mol. The van der Waals surface area contributed by atoms with Crippen LogP contribution < -0.4 is 0 Å². The Bertz CT molecular complexity index is 563. The molecular formula is C19H25F3OS. The molecule has 0 aromatic carbocycles. The van der Waals surface area contributed by atoms with E-state index < -0.39 is 17.2 Å². The molecule has 1 nitrogen and oxygen atoms in total. The van der Waals surface area contributed by atoms with E-state index >= 15 is 0 Å². The van der Waals surface area contributed by atoms with E-state index in [4.69, 9.17) is 0 Å². The minimum absolute atomic E-state index is 0.0321. The topological polar surface area (TPSA) is 17.1 Å². The Hall–Kier alpha value is -0.670. The van der Waals surface area contributed by atoms with Crippen molar-refractivity contribution in [3.63, 3.8) is 0 Å². The molecule has 3 aliphatic carbocycles. The maximum atomic E-state index is 12.9. The monoisotopic (exact) mass is 358 g/mol. The fourth-order valence-electron chi connectivity index (χ4n) is 5.45. The van der Waals surface area contributed by atoms with Gasteiger partial charge in [-0.1, -0.05) is 19.9 Å². The molecule has 0 spiro atoms. The minimum atomic E-state index is -4.25. The van der Waals surface area contributed by atoms with E-state index in [2.05, 4.69) is 19.2 Å². The molecule has 0 aromatic rings. The molecule has 3 fully saturated rings. The molecule has 0 amide bonds. The van der Waals surface area contributed by atoms with E-state index in [-0.39, 0.29) is 11.2 Å². The van der Waals surface area contributed by atoms with Crippen LogP contribution in [-0.2, 0) is 4.79 Å². The van der Waals surface area contributed by atoms with Crippen LogP contribution in [0.4, 0.5) is 13.2 Å². The van der Waals surface area contributed by atoms with Gasteiger partial charge in [-0.25, -0.2) is 0 Å². The lowest BCUT2D eigenvalue weighted by atomic mass is 9.55. The molecule has 0 aromatic heterocycles. The standard InChI is InChI=1S/C19H25F3OS/c1-3-13-9-14-12(2)6-8-18(7-4-5-15(14)18)10-16(23)17(13)24-11-19(20,21)22/h12,14-15,17H,1,4-11H2,2H3/t12-,14?,15?,17?,18?/m1/s1. The largest absolute Gasteiger partial charge is 0.397 e. The molecule has 5 atom stereocenters. The number of Topliss-reactive ketones (excluding diaryl/α,β-unsaturated/α-hetero) is 1. The molecule has 0 radical (unpaired) electrons. The van der Waals surface area contributed by atoms with Gasteiger partial charge in [0.15, 0.2) is 5.78 Å². The summed E-state index contributed by atoms with van der Waals surface area (Å²) in [6, 6.07) is 0. The van der Waals surface area contributed by atoms with Gasteiger partial charge in [-0.3, -0.25) is 4.79 Å². The van der Waals surface area contributed by atoms with Crippen LogP contribution in [0.1, 0.15) is 51.9 Å². The lowest BCUT2D eigenvalue weighted by Crippen LogP contribution is -2.45. The number of hydrogen-bond acceptors (Lipinski definition) is 2. The van der Waals surface area contributed by atoms with Gasteiger partial charge in [0.1, 0.15) is 0 Å². The van der Waals surface area contributed by atoms with Crippen molar-refractivity contribution in [2.45, 2.75) is 63.3 Å². The number of ketones is 1. The quantitative estimate of drug-likeness (QED) is 0.601. The average Bonchev–Trinajstić information content (AvgIpc) is 2.89. The van der Waals surface area contributed by atoms with Crippen LogP contribution in [0.25, 0.3) is 0 Å². The number of alkyl halides is 3. The molecule has 0 heterocycles. The summed E-state index contributed by atoms with van der Waals surface area (Å²) in [4.78, 5) is 12.9. The fourth-order valence-corrected chi connectivity index (χ4v) is 6.46. The molecule has 3 rings (SSSR count). The number of carbonyl (C=O) groups excluding carboxylic acids is 1. The third-order valence-corrected chi connectivity index (χ3v) is 7.93. The summed E-state index contributed by atoms with van der Waals surface area (Å²) < 4.78 is 38.0. The molecule has 5 heteroatoms. The van der Waals surface area contributed by atoms with Crippen LogP contribution in [0.2, 0.25) is 0 Å². The van der Waals surface area contributed by atoms with E-state index in [1.165, 1.54) is 0 Å². The Kier molecular flexibility index (Phi) is 4.96. The zero-order valence-corrected chi connectivity index (χ0v) is 14.9. The van der Waals surface area contributed by atoms with Gasteiger partial charge < -0.3 is 0 Å². The maximum Gasteiger partial charge on any atom is 0.397 e. The van der Waals surface area contributed by atoms with E-state index in [1.54, 1.807) is 0 Å². The number of hydrogen-bond donors (Lipinski definition) is 0. The van der Waals surface area contributed by atoms with Gasteiger partial charge in [0.2, 0.25) is 0 Å². The summed E-state index contributed by atoms with van der Waals surface area (Å²) in [5.41, 5.74) is 3.60. The Morgan fingerprint density at radius 2 is 2.08 bits per heavy atom. The summed E-state index contributed by atoms with van der Waals surface area (Å²) in [6.45, 7) is 5.95. The van der Waals surface area contributed by atoms with E-state index in [0.29, 0.717) is 36.2 Å². The first-order chi connectivity index (χ1) is 11.3. The molecule has 0 N–H and O–H groups in total. The van der Waals surface area contributed by atoms with Crippen LogP contribution in [0, 0.1) is 23.2 Å². The predicted octanol–water partition coefficient (Wildman–Crippen LogP) is 5.56. The van der Waals surface area contributed by atoms with Crippen molar-refractivity contribution in [1.82, 2.24) is 0 Å². The Balaban J connectivity index is 1.90. The highest BCUT2D eigenvalue weighted by Crippen LogP contribution is 2.61. The lowest BCUT2D eigenvalue weighted by Gasteiger charge is -2.49. The van der Waals surface area contributed by atoms with Crippen molar-refractivity contribution in [3.8, 4) is 0 Å². The molecule has 4 unspecified atom stereocenters. The lowest BCUT2D eigenvalue weighted by molar-refractivity contribution is -0.123. The van der Waals surface area contributed by atoms with Crippen LogP contribution in [0.3, 0.4) is 0 Å². The molecule has 0 saturated heterocycles. The summed E-state index contributed by atoms with van der Waals surface area (Å²) in [5, 5.41) is -0.713. The second-order valence-corrected chi connectivity index (χ2v) is 8.99. The first kappa shape index (κ1) is 18.1. The summed E-state index contributed by atoms with van der Waals surface area (Å²) in [5.74, 6) is 0.557. The second-order valence-electron chi connectivity index (χ2n) is 7.90. The van der Waals surface area contributed by atoms with Gasteiger partial charge in [0, 0.05) is 6.42 Å². The number of rotatable bonds is 2. The van der Waals surface area contributed by atoms with Gasteiger partial charge in [-0.15, -0.1) is 17.5 Å². The van der Waals surface area contributed by atoms with Crippen molar-refractivity contribution in [3.05, 3.63) is 17.9 Å². The van der Waals surface area contributed by atoms with Crippen molar-refractivity contribution in [2.75, 3.05) is 5.75 Å². The highest BCUT2D eigenvalue weighted by molar-refractivity contribution is 8.00. The predicted molar refractivity (Wildman–Crippen MR) is 90.9 cm³/mol. The highest BCUT2D eigenvalue weighted by Gasteiger charge is 2.53. The fraction of sp³-hybridized carbons (Fsp3) is 0.789. The third-order valence-electron chi connectivity index (χ3n) is 6.55. The smallest absolute Gasteiger partial charge is 0.298 e. The van der Waals surface area contributed by atoms with Gasteiger partial charge in [-0.2, -0.15) is 13.2 Å². The van der Waals surface area contributed by atoms with E-state index in [9.17, 15) is 18.0 Å². The van der Waals surface area contributed by atoms with Crippen LogP contribution >= 0.6 is 11.8 Å². The van der Waals surface area contributed by atoms with Crippen molar-refractivity contribution >= 4 is 17.5 Å². The first-order valence-corrected chi connectivity index (χ1v) is 9.90. The third kappa shape index (κ3) is 3.35. The molecule has 134 valence electrons. The minimum Gasteiger partial charge on any atom is -0.298 e. The summed E-state index contributed by atoms with van der Waals surface area (Å²) in [6.07, 6.45) is 2.44. The highest BCUT2D eigenvalue weighted by atomic mass is 32.2. The Morgan fingerprint density at radius 3 is 2.75 bits per heavy atom. The molecule has 0 aliphatic heterocycles. The second kappa shape index (κ2) is 6.57. The molecule has 2 bridgehead atoms. The summed E-state index contributed by atoms with van der Waals surface area (Å²) in [7, 11) is 0. The SMILES string of the molecule is C=C=C1CC2C3CCCC3(CC[C@H]2C)CC(=O)C1SCC(F)(F)F. The van der Waals surface area contributed by atoms with E-state index in [1.807, 2.05) is 0 Å². The summed E-state index contributed by atoms with van der Waals surface area (Å²) >= 11 is 0.724. The number of carbonyl (C=O) groups is 1. The number of thioether (sulfide) groups is 1. The van der Waals surface area contributed by atoms with Gasteiger partial charge in [0.05, 0.1) is 11.0 Å². The van der Waals surface area contributed by atoms with Crippen molar-refractivity contribution in [2.24, 2.45) is 23.2 Å². The average molecular weight is 358 g/mol. The first-order valence-electron chi connectivity index (χ1n) is 8.86. The zero-order chi connectivity index (χ0) is 17.5. The van der Waals surface area contributed by atoms with Crippen LogP contribution in [0.5, 0.6) is 0 Å². The van der Waals surface area contributed by atoms with Crippen LogP contribution in [0.15, 0.2) is 17.9 Å². The molecule has 3 aliphatic rings. The van der Waals surface area contributed by atoms with Crippen molar-refractivity contribution in [1.29, 1.82) is 0 Å². The Labute approximate surface area is 146 Å². The Morgan fingerprint density at radius 1 is 1.33 bits per heavy atom. The van der Waals surface area contributed by atoms with E-state index in [0.717, 1.165) is 43.9 Å². The van der Waals surface area contributed by atoms with Gasteiger partial charge >= 0.3 is 6.18 Å². The van der Waals surface area contributed by atoms with Gasteiger partial charge in [0.25, 0.3) is 0 Å². The van der Waals surface area contributed by atoms with Crippen LogP contribution in [-0.4, -0.2) is 23.0 Å². The van der Waals surface area contributed by atoms with Gasteiger partial charge in [-0.05, 0) is 60.8 Å². The molecule has 24 heavy (non-hydrogen) atoms. The maximum absolute atomic E-state index is 12.9. The number of halogens is 3. The molecule has 3 saturated carbocycles. The van der Waals surface area contributed by atoms with Crippen molar-refractivity contribution < 1.29 is 18.0 Å².